The number of para-hydroxylation sites is 1. The molecule has 0 bridgehead atoms. The number of likely N-dealkylation sites (N-methyl/N-ethyl adjacent to an activating group) is 1. The van der Waals surface area contributed by atoms with Crippen molar-refractivity contribution in [2.24, 2.45) is 4.99 Å². The molecule has 1 amide bonds. The first-order chi connectivity index (χ1) is 13.7. The second-order valence-corrected chi connectivity index (χ2v) is 7.77. The molecule has 0 radical (unpaired) electrons. The number of rotatable bonds is 7. The Balaban J connectivity index is 0.00000300. The molecule has 0 aromatic heterocycles. The number of amides is 1. The van der Waals surface area contributed by atoms with Gasteiger partial charge in [-0.3, -0.25) is 9.79 Å². The lowest BCUT2D eigenvalue weighted by Crippen LogP contribution is -2.44. The first-order valence-corrected chi connectivity index (χ1v) is 10.4. The molecule has 3 rings (SSSR count). The third-order valence-electron chi connectivity index (χ3n) is 5.64. The Labute approximate surface area is 191 Å². The highest BCUT2D eigenvalue weighted by Gasteiger charge is 2.24. The van der Waals surface area contributed by atoms with Crippen LogP contribution in [0.5, 0.6) is 0 Å². The van der Waals surface area contributed by atoms with Crippen LogP contribution in [0.3, 0.4) is 0 Å². The van der Waals surface area contributed by atoms with Gasteiger partial charge in [-0.1, -0.05) is 18.2 Å². The zero-order valence-electron chi connectivity index (χ0n) is 17.6. The number of nitrogens with one attached hydrogen (secondary N) is 3. The van der Waals surface area contributed by atoms with E-state index < -0.39 is 0 Å². The third kappa shape index (κ3) is 7.42. The number of piperazine rings is 1. The summed E-state index contributed by atoms with van der Waals surface area (Å²) in [7, 11) is 3.99. The Morgan fingerprint density at radius 1 is 1.17 bits per heavy atom. The molecular formula is C21H35IN6O. The summed E-state index contributed by atoms with van der Waals surface area (Å²) in [5.41, 5.74) is 2.12. The van der Waals surface area contributed by atoms with Gasteiger partial charge in [0.15, 0.2) is 5.96 Å². The minimum Gasteiger partial charge on any atom is -0.356 e. The van der Waals surface area contributed by atoms with Crippen molar-refractivity contribution in [3.8, 4) is 0 Å². The quantitative estimate of drug-likeness (QED) is 0.225. The maximum Gasteiger partial charge on any atom is 0.225 e. The van der Waals surface area contributed by atoms with Crippen LogP contribution in [0.2, 0.25) is 0 Å². The minimum atomic E-state index is 0. The topological polar surface area (TPSA) is 72.0 Å². The first kappa shape index (κ1) is 23.9. The van der Waals surface area contributed by atoms with Gasteiger partial charge in [0.25, 0.3) is 0 Å². The number of carbonyl (C=O) groups excluding carboxylic acids is 1. The van der Waals surface area contributed by atoms with Crippen molar-refractivity contribution in [2.45, 2.75) is 25.2 Å². The first-order valence-electron chi connectivity index (χ1n) is 10.4. The van der Waals surface area contributed by atoms with Crippen molar-refractivity contribution < 1.29 is 4.79 Å². The molecule has 2 aliphatic heterocycles. The molecular weight excluding hydrogens is 479 g/mol. The van der Waals surface area contributed by atoms with Gasteiger partial charge in [-0.15, -0.1) is 24.0 Å². The van der Waals surface area contributed by atoms with Crippen LogP contribution in [-0.4, -0.2) is 81.6 Å². The fourth-order valence-corrected chi connectivity index (χ4v) is 3.86. The molecule has 1 fully saturated rings. The summed E-state index contributed by atoms with van der Waals surface area (Å²) < 4.78 is 0. The van der Waals surface area contributed by atoms with Crippen molar-refractivity contribution in [1.82, 2.24) is 20.4 Å². The molecule has 2 aliphatic rings. The van der Waals surface area contributed by atoms with Crippen LogP contribution in [0, 0.1) is 0 Å². The Kier molecular flexibility index (Phi) is 10.2. The molecule has 2 heterocycles. The molecule has 1 unspecified atom stereocenters. The molecule has 29 heavy (non-hydrogen) atoms. The molecule has 7 nitrogen and oxygen atoms in total. The largest absolute Gasteiger partial charge is 0.356 e. The number of hydrogen-bond donors (Lipinski definition) is 3. The normalized spacial score (nSPS) is 20.4. The number of benzene rings is 1. The third-order valence-corrected chi connectivity index (χ3v) is 5.64. The zero-order chi connectivity index (χ0) is 19.8. The van der Waals surface area contributed by atoms with Gasteiger partial charge in [0.2, 0.25) is 5.91 Å². The van der Waals surface area contributed by atoms with E-state index in [1.54, 1.807) is 7.05 Å². The highest BCUT2D eigenvalue weighted by molar-refractivity contribution is 14.0. The average Bonchev–Trinajstić information content (AvgIpc) is 2.71. The van der Waals surface area contributed by atoms with E-state index in [9.17, 15) is 4.79 Å². The lowest BCUT2D eigenvalue weighted by molar-refractivity contribution is -0.116. The van der Waals surface area contributed by atoms with Gasteiger partial charge in [-0.2, -0.15) is 0 Å². The van der Waals surface area contributed by atoms with E-state index in [1.165, 1.54) is 44.7 Å². The number of fused-ring (bicyclic) bond motifs is 1. The number of guanidine groups is 1. The fraction of sp³-hybridized carbons (Fsp3) is 0.619. The minimum absolute atomic E-state index is 0. The van der Waals surface area contributed by atoms with Gasteiger partial charge in [-0.05, 0) is 38.1 Å². The second-order valence-electron chi connectivity index (χ2n) is 7.77. The van der Waals surface area contributed by atoms with Crippen molar-refractivity contribution >= 4 is 41.5 Å². The predicted molar refractivity (Wildman–Crippen MR) is 130 cm³/mol. The fourth-order valence-electron chi connectivity index (χ4n) is 3.86. The van der Waals surface area contributed by atoms with Crippen LogP contribution in [0.15, 0.2) is 29.3 Å². The van der Waals surface area contributed by atoms with E-state index in [2.05, 4.69) is 43.9 Å². The van der Waals surface area contributed by atoms with Crippen molar-refractivity contribution in [1.29, 1.82) is 0 Å². The Bertz CT molecular complexity index is 675. The smallest absolute Gasteiger partial charge is 0.225 e. The van der Waals surface area contributed by atoms with E-state index >= 15 is 0 Å². The number of hydrogen-bond acceptors (Lipinski definition) is 4. The lowest BCUT2D eigenvalue weighted by Gasteiger charge is -2.32. The van der Waals surface area contributed by atoms with Gasteiger partial charge >= 0.3 is 0 Å². The Morgan fingerprint density at radius 3 is 2.69 bits per heavy atom. The maximum atomic E-state index is 12.0. The van der Waals surface area contributed by atoms with E-state index in [1.807, 2.05) is 18.2 Å². The van der Waals surface area contributed by atoms with Crippen LogP contribution < -0.4 is 16.0 Å². The van der Waals surface area contributed by atoms with E-state index in [0.29, 0.717) is 13.0 Å². The van der Waals surface area contributed by atoms with Crippen LogP contribution in [0.25, 0.3) is 0 Å². The Hall–Kier alpha value is -1.39. The molecule has 3 N–H and O–H groups in total. The summed E-state index contributed by atoms with van der Waals surface area (Å²) in [4.78, 5) is 21.2. The summed E-state index contributed by atoms with van der Waals surface area (Å²) >= 11 is 0. The van der Waals surface area contributed by atoms with Gasteiger partial charge in [0.1, 0.15) is 0 Å². The summed E-state index contributed by atoms with van der Waals surface area (Å²) in [6.45, 7) is 7.51. The number of carbonyl (C=O) groups is 1. The number of unbranched alkanes of at least 4 members (excludes halogenated alkanes) is 1. The van der Waals surface area contributed by atoms with E-state index in [0.717, 1.165) is 24.6 Å². The second kappa shape index (κ2) is 12.3. The molecule has 0 spiro atoms. The molecule has 1 atom stereocenters. The number of anilines is 1. The Morgan fingerprint density at radius 2 is 1.93 bits per heavy atom. The molecule has 1 aromatic rings. The maximum absolute atomic E-state index is 12.0. The summed E-state index contributed by atoms with van der Waals surface area (Å²) in [5.74, 6) is 1.06. The lowest BCUT2D eigenvalue weighted by atomic mass is 9.90. The predicted octanol–water partition coefficient (Wildman–Crippen LogP) is 1.92. The SMILES string of the molecule is CN=C(NCCCCN1CCN(C)CC1)NCC1CC(=O)Nc2ccccc21.I. The van der Waals surface area contributed by atoms with Gasteiger partial charge in [-0.25, -0.2) is 0 Å². The van der Waals surface area contributed by atoms with Gasteiger partial charge in [0.05, 0.1) is 0 Å². The van der Waals surface area contributed by atoms with E-state index in [4.69, 9.17) is 0 Å². The standard InChI is InChI=1S/C21H34N6O.HI/c1-22-21(23-9-5-6-10-27-13-11-26(2)12-14-27)24-16-17-15-20(28)25-19-8-4-3-7-18(17)19;/h3-4,7-8,17H,5-6,9-16H2,1-2H3,(H,25,28)(H2,22,23,24);1H. The van der Waals surface area contributed by atoms with Crippen LogP contribution in [-0.2, 0) is 4.79 Å². The zero-order valence-corrected chi connectivity index (χ0v) is 19.9. The number of aliphatic imine (C=N–C) groups is 1. The monoisotopic (exact) mass is 514 g/mol. The van der Waals surface area contributed by atoms with E-state index in [-0.39, 0.29) is 35.8 Å². The highest BCUT2D eigenvalue weighted by atomic mass is 127. The van der Waals surface area contributed by atoms with Crippen LogP contribution in [0.4, 0.5) is 5.69 Å². The summed E-state index contributed by atoms with van der Waals surface area (Å²) in [6, 6.07) is 8.04. The number of nitrogens with zero attached hydrogens (tertiary/aromatic N) is 3. The molecule has 0 aliphatic carbocycles. The molecule has 1 saturated heterocycles. The summed E-state index contributed by atoms with van der Waals surface area (Å²) in [5, 5.41) is 9.74. The highest BCUT2D eigenvalue weighted by Crippen LogP contribution is 2.31. The van der Waals surface area contributed by atoms with Crippen molar-refractivity contribution in [3.05, 3.63) is 29.8 Å². The van der Waals surface area contributed by atoms with Crippen LogP contribution in [0.1, 0.15) is 30.7 Å². The molecule has 0 saturated carbocycles. The number of halogens is 1. The van der Waals surface area contributed by atoms with Crippen molar-refractivity contribution in [3.63, 3.8) is 0 Å². The van der Waals surface area contributed by atoms with Crippen molar-refractivity contribution in [2.75, 3.05) is 65.2 Å². The van der Waals surface area contributed by atoms with Gasteiger partial charge in [0, 0.05) is 64.3 Å². The average molecular weight is 514 g/mol. The molecule has 162 valence electrons. The van der Waals surface area contributed by atoms with Crippen LogP contribution >= 0.6 is 24.0 Å². The summed E-state index contributed by atoms with van der Waals surface area (Å²) in [6.07, 6.45) is 2.83. The van der Waals surface area contributed by atoms with Gasteiger partial charge < -0.3 is 25.8 Å². The molecule has 8 heteroatoms. The molecule has 1 aromatic carbocycles.